The van der Waals surface area contributed by atoms with Gasteiger partial charge in [0.05, 0.1) is 32.4 Å². The van der Waals surface area contributed by atoms with Crippen molar-refractivity contribution in [2.45, 2.75) is 18.2 Å². The summed E-state index contributed by atoms with van der Waals surface area (Å²) in [5.74, 6) is -1.00. The first-order chi connectivity index (χ1) is 17.0. The topological polar surface area (TPSA) is 96.4 Å². The summed E-state index contributed by atoms with van der Waals surface area (Å²) >= 11 is 0. The fourth-order valence-corrected chi connectivity index (χ4v) is 5.07. The molecule has 1 aliphatic carbocycles. The maximum Gasteiger partial charge on any atom is 0.411 e. The number of carbonyl (C=O) groups excluding carboxylic acids is 3. The number of anilines is 1. The molecule has 3 aromatic carbocycles. The second kappa shape index (κ2) is 8.88. The molecule has 0 bridgehead atoms. The Morgan fingerprint density at radius 1 is 0.914 bits per heavy atom. The Bertz CT molecular complexity index is 1280. The van der Waals surface area contributed by atoms with E-state index in [-0.39, 0.29) is 12.1 Å². The van der Waals surface area contributed by atoms with Gasteiger partial charge in [-0.1, -0.05) is 54.6 Å². The van der Waals surface area contributed by atoms with E-state index < -0.39 is 36.2 Å². The van der Waals surface area contributed by atoms with E-state index in [4.69, 9.17) is 9.47 Å². The molecule has 0 aromatic heterocycles. The van der Waals surface area contributed by atoms with E-state index in [1.54, 1.807) is 18.2 Å². The third-order valence-electron chi connectivity index (χ3n) is 6.60. The Morgan fingerprint density at radius 2 is 1.54 bits per heavy atom. The van der Waals surface area contributed by atoms with Gasteiger partial charge < -0.3 is 19.5 Å². The first-order valence-electron chi connectivity index (χ1n) is 11.2. The number of β-amino-alcohol motifs (C(OH)–C–C–N with tert-alkyl or cyclic N) is 1. The predicted molar refractivity (Wildman–Crippen MR) is 128 cm³/mol. The average molecular weight is 472 g/mol. The summed E-state index contributed by atoms with van der Waals surface area (Å²) in [6, 6.07) is 20.0. The van der Waals surface area contributed by atoms with Crippen molar-refractivity contribution in [3.8, 4) is 11.1 Å². The Morgan fingerprint density at radius 3 is 2.14 bits per heavy atom. The summed E-state index contributed by atoms with van der Waals surface area (Å²) in [6.07, 6.45) is -1.90. The molecule has 2 atom stereocenters. The van der Waals surface area contributed by atoms with Crippen LogP contribution >= 0.6 is 0 Å². The van der Waals surface area contributed by atoms with E-state index in [0.717, 1.165) is 22.3 Å². The monoisotopic (exact) mass is 472 g/mol. The lowest BCUT2D eigenvalue weighted by Gasteiger charge is -2.34. The van der Waals surface area contributed by atoms with E-state index in [9.17, 15) is 19.5 Å². The summed E-state index contributed by atoms with van der Waals surface area (Å²) in [4.78, 5) is 41.6. The van der Waals surface area contributed by atoms with Crippen LogP contribution in [0.4, 0.5) is 10.5 Å². The Labute approximate surface area is 202 Å². The molecule has 0 saturated carbocycles. The van der Waals surface area contributed by atoms with Gasteiger partial charge in [0.25, 0.3) is 5.91 Å². The van der Waals surface area contributed by atoms with Crippen LogP contribution in [0.2, 0.25) is 0 Å². The number of carbonyl (C=O) groups is 3. The second-order valence-corrected chi connectivity index (χ2v) is 8.46. The van der Waals surface area contributed by atoms with Crippen LogP contribution < -0.4 is 4.90 Å². The fourth-order valence-electron chi connectivity index (χ4n) is 5.07. The zero-order valence-corrected chi connectivity index (χ0v) is 19.3. The number of ether oxygens (including phenoxy) is 2. The van der Waals surface area contributed by atoms with Crippen LogP contribution in [0.5, 0.6) is 0 Å². The van der Waals surface area contributed by atoms with Gasteiger partial charge in [-0.3, -0.25) is 9.69 Å². The molecule has 2 aliphatic rings. The molecule has 178 valence electrons. The molecule has 1 fully saturated rings. The second-order valence-electron chi connectivity index (χ2n) is 8.46. The highest BCUT2D eigenvalue weighted by Crippen LogP contribution is 2.48. The van der Waals surface area contributed by atoms with Crippen LogP contribution in [-0.2, 0) is 14.3 Å². The van der Waals surface area contributed by atoms with E-state index in [0.29, 0.717) is 5.69 Å². The predicted octanol–water partition coefficient (Wildman–Crippen LogP) is 3.39. The minimum atomic E-state index is -1.19. The van der Waals surface area contributed by atoms with Crippen molar-refractivity contribution in [1.82, 2.24) is 4.90 Å². The summed E-state index contributed by atoms with van der Waals surface area (Å²) in [6.45, 7) is -0.0440. The summed E-state index contributed by atoms with van der Waals surface area (Å²) in [7, 11) is 2.53. The van der Waals surface area contributed by atoms with Crippen molar-refractivity contribution in [1.29, 1.82) is 0 Å². The highest BCUT2D eigenvalue weighted by molar-refractivity contribution is 6.03. The molecule has 2 unspecified atom stereocenters. The number of esters is 1. The third-order valence-corrected chi connectivity index (χ3v) is 6.60. The van der Waals surface area contributed by atoms with Gasteiger partial charge >= 0.3 is 12.1 Å². The molecule has 0 spiro atoms. The minimum Gasteiger partial charge on any atom is -0.465 e. The number of nitrogens with zero attached hydrogens (tertiary/aromatic N) is 2. The van der Waals surface area contributed by atoms with Crippen molar-refractivity contribution in [3.05, 3.63) is 89.5 Å². The number of aliphatic hydroxyl groups excluding tert-OH is 1. The van der Waals surface area contributed by atoms with E-state index >= 15 is 0 Å². The Hall–Kier alpha value is -4.17. The first kappa shape index (κ1) is 22.6. The highest BCUT2D eigenvalue weighted by Gasteiger charge is 2.50. The Kier molecular flexibility index (Phi) is 5.74. The van der Waals surface area contributed by atoms with Crippen LogP contribution in [0.25, 0.3) is 11.1 Å². The SMILES string of the molecule is COC(=O)c1cccc(N2CC(O)C(N(C(=O)OC)C3c4ccccc4-c4ccccc43)C2=O)c1. The molecule has 5 rings (SSSR count). The first-order valence-corrected chi connectivity index (χ1v) is 11.2. The quantitative estimate of drug-likeness (QED) is 0.585. The van der Waals surface area contributed by atoms with Gasteiger partial charge in [0, 0.05) is 5.69 Å². The number of hydrogen-bond acceptors (Lipinski definition) is 6. The number of benzene rings is 3. The van der Waals surface area contributed by atoms with Crippen molar-refractivity contribution in [2.24, 2.45) is 0 Å². The van der Waals surface area contributed by atoms with Crippen molar-refractivity contribution in [3.63, 3.8) is 0 Å². The molecular weight excluding hydrogens is 448 g/mol. The third kappa shape index (κ3) is 3.63. The lowest BCUT2D eigenvalue weighted by Crippen LogP contribution is -2.51. The van der Waals surface area contributed by atoms with Gasteiger partial charge in [0.2, 0.25) is 0 Å². The Balaban J connectivity index is 1.57. The van der Waals surface area contributed by atoms with E-state index in [1.165, 1.54) is 30.1 Å². The summed E-state index contributed by atoms with van der Waals surface area (Å²) < 4.78 is 9.89. The van der Waals surface area contributed by atoms with Crippen LogP contribution in [-0.4, -0.2) is 60.9 Å². The molecule has 1 N–H and O–H groups in total. The fraction of sp³-hybridized carbons (Fsp3) is 0.222. The zero-order chi connectivity index (χ0) is 24.7. The van der Waals surface area contributed by atoms with Crippen molar-refractivity contribution in [2.75, 3.05) is 25.7 Å². The summed E-state index contributed by atoms with van der Waals surface area (Å²) in [5, 5.41) is 11.1. The number of methoxy groups -OCH3 is 2. The lowest BCUT2D eigenvalue weighted by molar-refractivity contribution is -0.123. The van der Waals surface area contributed by atoms with Gasteiger partial charge in [-0.05, 0) is 40.5 Å². The van der Waals surface area contributed by atoms with Crippen LogP contribution in [0.1, 0.15) is 27.5 Å². The molecule has 8 nitrogen and oxygen atoms in total. The smallest absolute Gasteiger partial charge is 0.411 e. The number of aliphatic hydroxyl groups is 1. The molecular formula is C27H24N2O6. The maximum atomic E-state index is 13.7. The van der Waals surface area contributed by atoms with Crippen LogP contribution in [0.3, 0.4) is 0 Å². The number of hydrogen-bond donors (Lipinski definition) is 1. The maximum absolute atomic E-state index is 13.7. The van der Waals surface area contributed by atoms with Gasteiger partial charge in [-0.2, -0.15) is 0 Å². The largest absolute Gasteiger partial charge is 0.465 e. The molecule has 3 aromatic rings. The standard InChI is InChI=1S/C27H24N2O6/c1-34-26(32)16-8-7-9-17(14-16)28-15-22(30)24(25(28)31)29(27(33)35-2)23-20-12-5-3-10-18(20)19-11-4-6-13-21(19)23/h3-14,22-24,30H,15H2,1-2H3. The number of rotatable bonds is 4. The van der Waals surface area contributed by atoms with E-state index in [2.05, 4.69) is 0 Å². The van der Waals surface area contributed by atoms with Gasteiger partial charge in [-0.15, -0.1) is 0 Å². The lowest BCUT2D eigenvalue weighted by atomic mass is 10.0. The van der Waals surface area contributed by atoms with E-state index in [1.807, 2.05) is 48.5 Å². The average Bonchev–Trinajstić information content (AvgIpc) is 3.38. The number of amides is 2. The van der Waals surface area contributed by atoms with Crippen LogP contribution in [0, 0.1) is 0 Å². The summed E-state index contributed by atoms with van der Waals surface area (Å²) in [5.41, 5.74) is 4.33. The minimum absolute atomic E-state index is 0.0440. The van der Waals surface area contributed by atoms with Gasteiger partial charge in [0.15, 0.2) is 0 Å². The van der Waals surface area contributed by atoms with Crippen molar-refractivity contribution < 1.29 is 29.0 Å². The normalized spacial score (nSPS) is 18.7. The highest BCUT2D eigenvalue weighted by atomic mass is 16.5. The molecule has 0 radical (unpaired) electrons. The molecule has 35 heavy (non-hydrogen) atoms. The molecule has 1 aliphatic heterocycles. The van der Waals surface area contributed by atoms with Gasteiger partial charge in [-0.25, -0.2) is 9.59 Å². The zero-order valence-electron chi connectivity index (χ0n) is 19.3. The van der Waals surface area contributed by atoms with Crippen LogP contribution in [0.15, 0.2) is 72.8 Å². The van der Waals surface area contributed by atoms with Crippen molar-refractivity contribution >= 4 is 23.7 Å². The van der Waals surface area contributed by atoms with Gasteiger partial charge in [0.1, 0.15) is 12.1 Å². The number of fused-ring (bicyclic) bond motifs is 3. The molecule has 2 amide bonds. The molecule has 1 saturated heterocycles. The molecule has 8 heteroatoms. The molecule has 1 heterocycles.